The average molecular weight is 255 g/mol. The maximum atomic E-state index is 11.9. The summed E-state index contributed by atoms with van der Waals surface area (Å²) in [5.74, 6) is 0.0617. The molecule has 0 aliphatic carbocycles. The van der Waals surface area contributed by atoms with E-state index in [0.29, 0.717) is 5.57 Å². The van der Waals surface area contributed by atoms with Crippen LogP contribution < -0.4 is 10.6 Å². The Kier molecular flexibility index (Phi) is 10.7. The molecule has 0 unspecified atom stereocenters. The number of carbonyl (C=O) groups excluding carboxylic acids is 1. The molecule has 4 heteroatoms. The van der Waals surface area contributed by atoms with Crippen molar-refractivity contribution < 1.29 is 4.79 Å². The van der Waals surface area contributed by atoms with E-state index < -0.39 is 0 Å². The number of amides is 1. The zero-order valence-electron chi connectivity index (χ0n) is 12.2. The van der Waals surface area contributed by atoms with E-state index in [2.05, 4.69) is 31.1 Å². The topological polar surface area (TPSA) is 44.4 Å². The van der Waals surface area contributed by atoms with Crippen LogP contribution in [0, 0.1) is 0 Å². The van der Waals surface area contributed by atoms with Crippen LogP contribution in [-0.4, -0.2) is 50.1 Å². The Hall–Kier alpha value is -0.870. The van der Waals surface area contributed by atoms with Gasteiger partial charge in [0.25, 0.3) is 0 Å². The lowest BCUT2D eigenvalue weighted by molar-refractivity contribution is -0.127. The van der Waals surface area contributed by atoms with Gasteiger partial charge in [0.2, 0.25) is 5.91 Å². The molecular weight excluding hydrogens is 226 g/mol. The van der Waals surface area contributed by atoms with Crippen molar-refractivity contribution in [1.29, 1.82) is 0 Å². The van der Waals surface area contributed by atoms with Crippen molar-refractivity contribution in [3.05, 3.63) is 12.2 Å². The third-order valence-electron chi connectivity index (χ3n) is 2.62. The first kappa shape index (κ1) is 17.1. The number of nitrogens with zero attached hydrogens (tertiary/aromatic N) is 1. The van der Waals surface area contributed by atoms with Crippen molar-refractivity contribution in [2.24, 2.45) is 0 Å². The zero-order chi connectivity index (χ0) is 13.8. The van der Waals surface area contributed by atoms with Crippen molar-refractivity contribution in [2.45, 2.75) is 33.6 Å². The van der Waals surface area contributed by atoms with Gasteiger partial charge in [-0.05, 0) is 32.9 Å². The highest BCUT2D eigenvalue weighted by molar-refractivity contribution is 5.92. The molecule has 1 amide bonds. The molecular formula is C14H29N3O. The third-order valence-corrected chi connectivity index (χ3v) is 2.62. The van der Waals surface area contributed by atoms with Crippen LogP contribution in [0.5, 0.6) is 0 Å². The molecule has 4 nitrogen and oxygen atoms in total. The standard InChI is InChI=1S/C14H29N3O/c1-5-7-15-9-11-17(14(18)13(3)4)12-10-16-8-6-2/h15-16H,3,5-12H2,1-2,4H3. The van der Waals surface area contributed by atoms with Gasteiger partial charge < -0.3 is 15.5 Å². The van der Waals surface area contributed by atoms with Crippen molar-refractivity contribution in [3.63, 3.8) is 0 Å². The quantitative estimate of drug-likeness (QED) is 0.433. The van der Waals surface area contributed by atoms with Gasteiger partial charge in [-0.25, -0.2) is 0 Å². The highest BCUT2D eigenvalue weighted by Crippen LogP contribution is 1.97. The molecule has 0 fully saturated rings. The van der Waals surface area contributed by atoms with Crippen LogP contribution in [0.3, 0.4) is 0 Å². The largest absolute Gasteiger partial charge is 0.336 e. The van der Waals surface area contributed by atoms with E-state index in [4.69, 9.17) is 0 Å². The SMILES string of the molecule is C=C(C)C(=O)N(CCNCCC)CCNCCC. The molecule has 0 aromatic rings. The van der Waals surface area contributed by atoms with E-state index in [9.17, 15) is 4.79 Å². The summed E-state index contributed by atoms with van der Waals surface area (Å²) < 4.78 is 0. The Labute approximate surface area is 112 Å². The van der Waals surface area contributed by atoms with Crippen molar-refractivity contribution in [2.75, 3.05) is 39.3 Å². The molecule has 106 valence electrons. The van der Waals surface area contributed by atoms with Gasteiger partial charge in [0.15, 0.2) is 0 Å². The second-order valence-electron chi connectivity index (χ2n) is 4.57. The van der Waals surface area contributed by atoms with Gasteiger partial charge in [-0.15, -0.1) is 0 Å². The lowest BCUT2D eigenvalue weighted by Gasteiger charge is -2.23. The summed E-state index contributed by atoms with van der Waals surface area (Å²) in [6.45, 7) is 15.0. The molecule has 18 heavy (non-hydrogen) atoms. The van der Waals surface area contributed by atoms with Gasteiger partial charge >= 0.3 is 0 Å². The first-order valence-electron chi connectivity index (χ1n) is 6.99. The number of carbonyl (C=O) groups is 1. The molecule has 0 aliphatic heterocycles. The van der Waals surface area contributed by atoms with Crippen LogP contribution in [0.1, 0.15) is 33.6 Å². The second kappa shape index (κ2) is 11.2. The summed E-state index contributed by atoms with van der Waals surface area (Å²) >= 11 is 0. The molecule has 0 radical (unpaired) electrons. The molecule has 0 aromatic carbocycles. The first-order chi connectivity index (χ1) is 8.63. The van der Waals surface area contributed by atoms with Gasteiger partial charge in [-0.3, -0.25) is 4.79 Å². The lowest BCUT2D eigenvalue weighted by Crippen LogP contribution is -2.41. The number of hydrogen-bond donors (Lipinski definition) is 2. The van der Waals surface area contributed by atoms with Gasteiger partial charge in [-0.1, -0.05) is 20.4 Å². The summed E-state index contributed by atoms with van der Waals surface area (Å²) in [7, 11) is 0. The molecule has 0 saturated heterocycles. The predicted octanol–water partition coefficient (Wildman–Crippen LogP) is 1.39. The summed E-state index contributed by atoms with van der Waals surface area (Å²) in [5.41, 5.74) is 0.612. The highest BCUT2D eigenvalue weighted by atomic mass is 16.2. The van der Waals surface area contributed by atoms with Crippen molar-refractivity contribution in [3.8, 4) is 0 Å². The van der Waals surface area contributed by atoms with Gasteiger partial charge in [-0.2, -0.15) is 0 Å². The minimum atomic E-state index is 0.0617. The Bertz CT molecular complexity index is 229. The number of hydrogen-bond acceptors (Lipinski definition) is 3. The zero-order valence-corrected chi connectivity index (χ0v) is 12.2. The van der Waals surface area contributed by atoms with Crippen LogP contribution in [0.25, 0.3) is 0 Å². The Morgan fingerprint density at radius 3 is 1.78 bits per heavy atom. The molecule has 0 rings (SSSR count). The highest BCUT2D eigenvalue weighted by Gasteiger charge is 2.12. The van der Waals surface area contributed by atoms with Crippen LogP contribution in [0.4, 0.5) is 0 Å². The van der Waals surface area contributed by atoms with Crippen LogP contribution in [0.15, 0.2) is 12.2 Å². The van der Waals surface area contributed by atoms with Crippen molar-refractivity contribution in [1.82, 2.24) is 15.5 Å². The fraction of sp³-hybridized carbons (Fsp3) is 0.786. The predicted molar refractivity (Wildman–Crippen MR) is 77.7 cm³/mol. The van der Waals surface area contributed by atoms with Gasteiger partial charge in [0.1, 0.15) is 0 Å². The average Bonchev–Trinajstić information content (AvgIpc) is 2.36. The minimum Gasteiger partial charge on any atom is -0.336 e. The summed E-state index contributed by atoms with van der Waals surface area (Å²) in [6, 6.07) is 0. The first-order valence-corrected chi connectivity index (χ1v) is 6.99. The minimum absolute atomic E-state index is 0.0617. The van der Waals surface area contributed by atoms with E-state index in [-0.39, 0.29) is 5.91 Å². The molecule has 0 saturated carbocycles. The Morgan fingerprint density at radius 2 is 1.44 bits per heavy atom. The van der Waals surface area contributed by atoms with Crippen molar-refractivity contribution >= 4 is 5.91 Å². The second-order valence-corrected chi connectivity index (χ2v) is 4.57. The Morgan fingerprint density at radius 1 is 1.00 bits per heavy atom. The monoisotopic (exact) mass is 255 g/mol. The van der Waals surface area contributed by atoms with Crippen LogP contribution in [0.2, 0.25) is 0 Å². The third kappa shape index (κ3) is 8.25. The fourth-order valence-electron chi connectivity index (χ4n) is 1.62. The summed E-state index contributed by atoms with van der Waals surface area (Å²) in [5, 5.41) is 6.63. The number of nitrogens with one attached hydrogen (secondary N) is 2. The smallest absolute Gasteiger partial charge is 0.248 e. The Balaban J connectivity index is 4.00. The van der Waals surface area contributed by atoms with E-state index >= 15 is 0 Å². The molecule has 0 bridgehead atoms. The number of rotatable bonds is 11. The van der Waals surface area contributed by atoms with Gasteiger partial charge in [0, 0.05) is 31.8 Å². The van der Waals surface area contributed by atoms with E-state index in [1.54, 1.807) is 6.92 Å². The van der Waals surface area contributed by atoms with E-state index in [0.717, 1.165) is 52.1 Å². The molecule has 0 aliphatic rings. The molecule has 0 atom stereocenters. The molecule has 0 heterocycles. The summed E-state index contributed by atoms with van der Waals surface area (Å²) in [6.07, 6.45) is 2.24. The van der Waals surface area contributed by atoms with Crippen LogP contribution >= 0.6 is 0 Å². The fourth-order valence-corrected chi connectivity index (χ4v) is 1.62. The molecule has 0 spiro atoms. The normalized spacial score (nSPS) is 10.4. The van der Waals surface area contributed by atoms with E-state index in [1.807, 2.05) is 4.90 Å². The van der Waals surface area contributed by atoms with Crippen LogP contribution in [-0.2, 0) is 4.79 Å². The lowest BCUT2D eigenvalue weighted by atomic mass is 10.3. The maximum absolute atomic E-state index is 11.9. The van der Waals surface area contributed by atoms with Gasteiger partial charge in [0.05, 0.1) is 0 Å². The summed E-state index contributed by atoms with van der Waals surface area (Å²) in [4.78, 5) is 13.8. The molecule has 2 N–H and O–H groups in total. The molecule has 0 aromatic heterocycles. The maximum Gasteiger partial charge on any atom is 0.248 e. The van der Waals surface area contributed by atoms with E-state index in [1.165, 1.54) is 0 Å².